The molecule has 0 radical (unpaired) electrons. The standard InChI is InChI=1S/C10H21NO2/c1-8(2)6-13-7-11-9(12)10(3,4)5/h8H,6-7H2,1-5H3,(H,11,12). The van der Waals surface area contributed by atoms with Crippen molar-refractivity contribution < 1.29 is 9.53 Å². The first-order chi connectivity index (χ1) is 5.84. The van der Waals surface area contributed by atoms with Gasteiger partial charge in [0.2, 0.25) is 5.91 Å². The van der Waals surface area contributed by atoms with Gasteiger partial charge in [-0.15, -0.1) is 0 Å². The van der Waals surface area contributed by atoms with E-state index in [-0.39, 0.29) is 11.3 Å². The second-order valence-corrected chi connectivity index (χ2v) is 4.66. The van der Waals surface area contributed by atoms with E-state index in [2.05, 4.69) is 19.2 Å². The van der Waals surface area contributed by atoms with Gasteiger partial charge in [0, 0.05) is 5.41 Å². The number of carbonyl (C=O) groups excluding carboxylic acids is 1. The summed E-state index contributed by atoms with van der Waals surface area (Å²) in [4.78, 5) is 11.3. The normalized spacial score (nSPS) is 11.8. The molecular weight excluding hydrogens is 166 g/mol. The van der Waals surface area contributed by atoms with Crippen LogP contribution in [0.2, 0.25) is 0 Å². The maximum atomic E-state index is 11.3. The summed E-state index contributed by atoms with van der Waals surface area (Å²) in [5, 5.41) is 2.72. The zero-order valence-corrected chi connectivity index (χ0v) is 9.31. The van der Waals surface area contributed by atoms with Crippen LogP contribution in [-0.2, 0) is 9.53 Å². The summed E-state index contributed by atoms with van der Waals surface area (Å²) in [5.41, 5.74) is -0.332. The van der Waals surface area contributed by atoms with Crippen molar-refractivity contribution >= 4 is 5.91 Å². The Kier molecular flexibility index (Phi) is 4.99. The molecule has 0 rings (SSSR count). The molecule has 0 aromatic carbocycles. The minimum absolute atomic E-state index is 0.0243. The van der Waals surface area contributed by atoms with Crippen LogP contribution in [0.5, 0.6) is 0 Å². The highest BCUT2D eigenvalue weighted by molar-refractivity contribution is 5.81. The quantitative estimate of drug-likeness (QED) is 0.538. The number of nitrogens with one attached hydrogen (secondary N) is 1. The summed E-state index contributed by atoms with van der Waals surface area (Å²) >= 11 is 0. The number of carbonyl (C=O) groups is 1. The topological polar surface area (TPSA) is 38.3 Å². The van der Waals surface area contributed by atoms with Gasteiger partial charge in [0.05, 0.1) is 6.61 Å². The average molecular weight is 187 g/mol. The van der Waals surface area contributed by atoms with E-state index in [9.17, 15) is 4.79 Å². The molecule has 0 heterocycles. The molecule has 0 fully saturated rings. The van der Waals surface area contributed by atoms with Crippen molar-refractivity contribution in [2.24, 2.45) is 11.3 Å². The van der Waals surface area contributed by atoms with Crippen molar-refractivity contribution in [2.75, 3.05) is 13.3 Å². The second-order valence-electron chi connectivity index (χ2n) is 4.66. The van der Waals surface area contributed by atoms with E-state index in [4.69, 9.17) is 4.74 Å². The Morgan fingerprint density at radius 1 is 1.38 bits per heavy atom. The molecule has 0 saturated carbocycles. The van der Waals surface area contributed by atoms with Crippen LogP contribution in [0.1, 0.15) is 34.6 Å². The molecule has 0 aromatic rings. The molecule has 0 spiro atoms. The van der Waals surface area contributed by atoms with Gasteiger partial charge < -0.3 is 10.1 Å². The van der Waals surface area contributed by atoms with E-state index in [0.29, 0.717) is 19.3 Å². The third-order valence-corrected chi connectivity index (χ3v) is 1.47. The molecule has 0 atom stereocenters. The fourth-order valence-corrected chi connectivity index (χ4v) is 0.676. The minimum atomic E-state index is -0.332. The third-order valence-electron chi connectivity index (χ3n) is 1.47. The van der Waals surface area contributed by atoms with Gasteiger partial charge in [-0.25, -0.2) is 0 Å². The van der Waals surface area contributed by atoms with E-state index in [1.807, 2.05) is 20.8 Å². The van der Waals surface area contributed by atoms with Gasteiger partial charge in [-0.2, -0.15) is 0 Å². The fraction of sp³-hybridized carbons (Fsp3) is 0.900. The van der Waals surface area contributed by atoms with Crippen molar-refractivity contribution in [1.29, 1.82) is 0 Å². The number of ether oxygens (including phenoxy) is 1. The van der Waals surface area contributed by atoms with Gasteiger partial charge in [0.1, 0.15) is 6.73 Å². The van der Waals surface area contributed by atoms with Crippen molar-refractivity contribution in [1.82, 2.24) is 5.32 Å². The first-order valence-corrected chi connectivity index (χ1v) is 4.70. The van der Waals surface area contributed by atoms with E-state index >= 15 is 0 Å². The Morgan fingerprint density at radius 2 is 1.92 bits per heavy atom. The molecule has 78 valence electrons. The van der Waals surface area contributed by atoms with E-state index in [1.54, 1.807) is 0 Å². The van der Waals surface area contributed by atoms with E-state index < -0.39 is 0 Å². The van der Waals surface area contributed by atoms with E-state index in [0.717, 1.165) is 0 Å². The summed E-state index contributed by atoms with van der Waals surface area (Å²) in [7, 11) is 0. The Morgan fingerprint density at radius 3 is 2.31 bits per heavy atom. The third kappa shape index (κ3) is 6.58. The first-order valence-electron chi connectivity index (χ1n) is 4.70. The molecule has 3 nitrogen and oxygen atoms in total. The second kappa shape index (κ2) is 5.22. The Bertz CT molecular complexity index is 159. The highest BCUT2D eigenvalue weighted by atomic mass is 16.5. The minimum Gasteiger partial charge on any atom is -0.361 e. The lowest BCUT2D eigenvalue weighted by atomic mass is 9.96. The molecule has 13 heavy (non-hydrogen) atoms. The van der Waals surface area contributed by atoms with Crippen LogP contribution in [-0.4, -0.2) is 19.2 Å². The van der Waals surface area contributed by atoms with Crippen LogP contribution in [0, 0.1) is 11.3 Å². The van der Waals surface area contributed by atoms with E-state index in [1.165, 1.54) is 0 Å². The molecule has 0 aromatic heterocycles. The lowest BCUT2D eigenvalue weighted by Crippen LogP contribution is -2.36. The average Bonchev–Trinajstić information content (AvgIpc) is 1.95. The van der Waals surface area contributed by atoms with Gasteiger partial charge in [-0.1, -0.05) is 34.6 Å². The summed E-state index contributed by atoms with van der Waals surface area (Å²) in [6.07, 6.45) is 0. The summed E-state index contributed by atoms with van der Waals surface area (Å²) < 4.78 is 5.23. The Labute approximate surface area is 80.8 Å². The van der Waals surface area contributed by atoms with Crippen molar-refractivity contribution in [3.05, 3.63) is 0 Å². The highest BCUT2D eigenvalue weighted by Crippen LogP contribution is 2.11. The van der Waals surface area contributed by atoms with Crippen molar-refractivity contribution in [3.8, 4) is 0 Å². The maximum absolute atomic E-state index is 11.3. The molecule has 0 aliphatic rings. The van der Waals surface area contributed by atoms with Crippen LogP contribution in [0.3, 0.4) is 0 Å². The predicted octanol–water partition coefficient (Wildman–Crippen LogP) is 1.78. The highest BCUT2D eigenvalue weighted by Gasteiger charge is 2.20. The first kappa shape index (κ1) is 12.4. The number of hydrogen-bond donors (Lipinski definition) is 1. The molecule has 0 aliphatic heterocycles. The van der Waals surface area contributed by atoms with Gasteiger partial charge in [-0.3, -0.25) is 4.79 Å². The lowest BCUT2D eigenvalue weighted by molar-refractivity contribution is -0.130. The molecule has 1 amide bonds. The summed E-state index contributed by atoms with van der Waals surface area (Å²) in [5.74, 6) is 0.530. The van der Waals surface area contributed by atoms with Crippen LogP contribution >= 0.6 is 0 Å². The molecule has 0 bridgehead atoms. The summed E-state index contributed by atoms with van der Waals surface area (Å²) in [6.45, 7) is 10.8. The SMILES string of the molecule is CC(C)COCNC(=O)C(C)(C)C. The largest absolute Gasteiger partial charge is 0.361 e. The molecule has 1 N–H and O–H groups in total. The summed E-state index contributed by atoms with van der Waals surface area (Å²) in [6, 6.07) is 0. The fourth-order valence-electron chi connectivity index (χ4n) is 0.676. The van der Waals surface area contributed by atoms with Gasteiger partial charge in [0.15, 0.2) is 0 Å². The molecule has 0 unspecified atom stereocenters. The van der Waals surface area contributed by atoms with Crippen LogP contribution in [0.25, 0.3) is 0 Å². The zero-order chi connectivity index (χ0) is 10.5. The van der Waals surface area contributed by atoms with Gasteiger partial charge in [-0.05, 0) is 5.92 Å². The Balaban J connectivity index is 3.49. The van der Waals surface area contributed by atoms with Gasteiger partial charge in [0.25, 0.3) is 0 Å². The van der Waals surface area contributed by atoms with Gasteiger partial charge >= 0.3 is 0 Å². The number of hydrogen-bond acceptors (Lipinski definition) is 2. The van der Waals surface area contributed by atoms with Crippen molar-refractivity contribution in [3.63, 3.8) is 0 Å². The van der Waals surface area contributed by atoms with Crippen LogP contribution in [0.4, 0.5) is 0 Å². The number of rotatable bonds is 4. The zero-order valence-electron chi connectivity index (χ0n) is 9.31. The number of amides is 1. The monoisotopic (exact) mass is 187 g/mol. The van der Waals surface area contributed by atoms with Crippen molar-refractivity contribution in [2.45, 2.75) is 34.6 Å². The smallest absolute Gasteiger partial charge is 0.227 e. The molecule has 3 heteroatoms. The molecular formula is C10H21NO2. The van der Waals surface area contributed by atoms with Crippen LogP contribution in [0.15, 0.2) is 0 Å². The lowest BCUT2D eigenvalue weighted by Gasteiger charge is -2.17. The predicted molar refractivity (Wildman–Crippen MR) is 53.3 cm³/mol. The molecule has 0 aliphatic carbocycles. The maximum Gasteiger partial charge on any atom is 0.227 e. The Hall–Kier alpha value is -0.570. The molecule has 0 saturated heterocycles. The van der Waals surface area contributed by atoms with Crippen LogP contribution < -0.4 is 5.32 Å².